The minimum absolute atomic E-state index is 0.312. The van der Waals surface area contributed by atoms with E-state index in [1.54, 1.807) is 0 Å². The van der Waals surface area contributed by atoms with Crippen molar-refractivity contribution < 1.29 is 14.2 Å². The predicted octanol–water partition coefficient (Wildman–Crippen LogP) is 3.84. The first-order valence-electron chi connectivity index (χ1n) is 10.3. The van der Waals surface area contributed by atoms with Crippen LogP contribution in [0.3, 0.4) is 0 Å². The molecule has 4 nitrogen and oxygen atoms in total. The smallest absolute Gasteiger partial charge is 0.170 e. The minimum Gasteiger partial charge on any atom is -0.381 e. The summed E-state index contributed by atoms with van der Waals surface area (Å²) in [7, 11) is 0. The van der Waals surface area contributed by atoms with Crippen molar-refractivity contribution in [2.24, 2.45) is 11.8 Å². The Kier molecular flexibility index (Phi) is 6.97. The SMILES string of the molecule is CCOC1(OCC)CCN(C2CCC(COCC3CC3)CC2)CC1. The third-order valence-corrected chi connectivity index (χ3v) is 6.11. The Bertz CT molecular complexity index is 348. The van der Waals surface area contributed by atoms with Crippen LogP contribution in [0.15, 0.2) is 0 Å². The number of nitrogens with zero attached hydrogens (tertiary/aromatic N) is 1. The van der Waals surface area contributed by atoms with E-state index in [0.29, 0.717) is 0 Å². The molecule has 4 heteroatoms. The third kappa shape index (κ3) is 5.17. The summed E-state index contributed by atoms with van der Waals surface area (Å²) in [6, 6.07) is 0.769. The van der Waals surface area contributed by atoms with Crippen molar-refractivity contribution in [3.63, 3.8) is 0 Å². The minimum atomic E-state index is -0.312. The van der Waals surface area contributed by atoms with E-state index in [2.05, 4.69) is 18.7 Å². The average molecular weight is 340 g/mol. The zero-order valence-electron chi connectivity index (χ0n) is 15.8. The van der Waals surface area contributed by atoms with Crippen molar-refractivity contribution in [3.05, 3.63) is 0 Å². The lowest BCUT2D eigenvalue weighted by molar-refractivity contribution is -0.255. The molecule has 1 aliphatic heterocycles. The number of hydrogen-bond donors (Lipinski definition) is 0. The Balaban J connectivity index is 1.36. The van der Waals surface area contributed by atoms with Gasteiger partial charge in [0.25, 0.3) is 0 Å². The summed E-state index contributed by atoms with van der Waals surface area (Å²) in [5.41, 5.74) is 0. The number of ether oxygens (including phenoxy) is 3. The topological polar surface area (TPSA) is 30.9 Å². The molecule has 3 aliphatic rings. The molecule has 3 rings (SSSR count). The number of piperidine rings is 1. The highest BCUT2D eigenvalue weighted by Gasteiger charge is 2.38. The first kappa shape index (κ1) is 18.6. The van der Waals surface area contributed by atoms with Gasteiger partial charge in [0.2, 0.25) is 0 Å². The summed E-state index contributed by atoms with van der Waals surface area (Å²) >= 11 is 0. The zero-order valence-corrected chi connectivity index (χ0v) is 15.8. The number of rotatable bonds is 9. The first-order valence-corrected chi connectivity index (χ1v) is 10.3. The molecule has 0 aromatic rings. The maximum Gasteiger partial charge on any atom is 0.170 e. The molecule has 0 spiro atoms. The zero-order chi connectivity index (χ0) is 16.8. The van der Waals surface area contributed by atoms with E-state index >= 15 is 0 Å². The van der Waals surface area contributed by atoms with Gasteiger partial charge in [-0.05, 0) is 64.2 Å². The Hall–Kier alpha value is -0.160. The van der Waals surface area contributed by atoms with E-state index in [-0.39, 0.29) is 5.79 Å². The molecule has 2 aliphatic carbocycles. The van der Waals surface area contributed by atoms with Crippen LogP contribution < -0.4 is 0 Å². The Morgan fingerprint density at radius 3 is 1.75 bits per heavy atom. The van der Waals surface area contributed by atoms with Gasteiger partial charge in [-0.2, -0.15) is 0 Å². The fourth-order valence-electron chi connectivity index (χ4n) is 4.45. The van der Waals surface area contributed by atoms with Crippen LogP contribution in [0.4, 0.5) is 0 Å². The van der Waals surface area contributed by atoms with Crippen LogP contribution in [-0.4, -0.2) is 56.2 Å². The predicted molar refractivity (Wildman–Crippen MR) is 96.1 cm³/mol. The van der Waals surface area contributed by atoms with Gasteiger partial charge in [-0.15, -0.1) is 0 Å². The summed E-state index contributed by atoms with van der Waals surface area (Å²) in [5, 5.41) is 0. The second-order valence-electron chi connectivity index (χ2n) is 7.97. The average Bonchev–Trinajstić information content (AvgIpc) is 3.41. The second-order valence-corrected chi connectivity index (χ2v) is 7.97. The fourth-order valence-corrected chi connectivity index (χ4v) is 4.45. The molecule has 0 unspecified atom stereocenters. The van der Waals surface area contributed by atoms with Gasteiger partial charge in [-0.25, -0.2) is 0 Å². The van der Waals surface area contributed by atoms with E-state index in [9.17, 15) is 0 Å². The van der Waals surface area contributed by atoms with E-state index in [4.69, 9.17) is 14.2 Å². The van der Waals surface area contributed by atoms with Crippen LogP contribution in [0.2, 0.25) is 0 Å². The molecule has 0 bridgehead atoms. The maximum absolute atomic E-state index is 5.97. The van der Waals surface area contributed by atoms with Gasteiger partial charge in [0.1, 0.15) is 0 Å². The molecule has 0 radical (unpaired) electrons. The number of hydrogen-bond acceptors (Lipinski definition) is 4. The molecular weight excluding hydrogens is 302 g/mol. The van der Waals surface area contributed by atoms with Crippen molar-refractivity contribution in [3.8, 4) is 0 Å². The maximum atomic E-state index is 5.97. The normalized spacial score (nSPS) is 31.2. The summed E-state index contributed by atoms with van der Waals surface area (Å²) < 4.78 is 17.8. The van der Waals surface area contributed by atoms with Crippen LogP contribution in [-0.2, 0) is 14.2 Å². The molecule has 24 heavy (non-hydrogen) atoms. The molecule has 0 N–H and O–H groups in total. The largest absolute Gasteiger partial charge is 0.381 e. The standard InChI is InChI=1S/C20H37NO3/c1-3-23-20(24-4-2)11-13-21(14-12-20)19-9-7-18(8-10-19)16-22-15-17-5-6-17/h17-19H,3-16H2,1-2H3. The number of likely N-dealkylation sites (tertiary alicyclic amines) is 1. The quantitative estimate of drug-likeness (QED) is 0.597. The first-order chi connectivity index (χ1) is 11.7. The van der Waals surface area contributed by atoms with Crippen LogP contribution in [0.1, 0.15) is 65.2 Å². The van der Waals surface area contributed by atoms with E-state index in [1.165, 1.54) is 38.5 Å². The monoisotopic (exact) mass is 339 g/mol. The molecule has 1 saturated heterocycles. The van der Waals surface area contributed by atoms with Gasteiger partial charge < -0.3 is 14.2 Å². The van der Waals surface area contributed by atoms with E-state index in [1.807, 2.05) is 0 Å². The highest BCUT2D eigenvalue weighted by Crippen LogP contribution is 2.34. The van der Waals surface area contributed by atoms with Crippen molar-refractivity contribution >= 4 is 0 Å². The third-order valence-electron chi connectivity index (χ3n) is 6.11. The highest BCUT2D eigenvalue weighted by molar-refractivity contribution is 4.86. The van der Waals surface area contributed by atoms with Gasteiger partial charge in [-0.3, -0.25) is 4.90 Å². The van der Waals surface area contributed by atoms with Gasteiger partial charge in [-0.1, -0.05) is 0 Å². The van der Waals surface area contributed by atoms with Gasteiger partial charge >= 0.3 is 0 Å². The summed E-state index contributed by atoms with van der Waals surface area (Å²) in [6.07, 6.45) is 10.2. The van der Waals surface area contributed by atoms with Gasteiger partial charge in [0, 0.05) is 58.4 Å². The Morgan fingerprint density at radius 1 is 0.792 bits per heavy atom. The molecule has 0 atom stereocenters. The van der Waals surface area contributed by atoms with Crippen LogP contribution in [0, 0.1) is 11.8 Å². The lowest BCUT2D eigenvalue weighted by atomic mass is 9.85. The highest BCUT2D eigenvalue weighted by atomic mass is 16.7. The molecule has 3 fully saturated rings. The van der Waals surface area contributed by atoms with Crippen LogP contribution >= 0.6 is 0 Å². The molecular formula is C20H37NO3. The lowest BCUT2D eigenvalue weighted by Crippen LogP contribution is -2.51. The molecule has 0 aromatic heterocycles. The van der Waals surface area contributed by atoms with Crippen LogP contribution in [0.5, 0.6) is 0 Å². The van der Waals surface area contributed by atoms with Crippen molar-refractivity contribution in [2.45, 2.75) is 77.0 Å². The summed E-state index contributed by atoms with van der Waals surface area (Å²) in [4.78, 5) is 2.69. The Labute approximate surface area is 148 Å². The van der Waals surface area contributed by atoms with E-state index < -0.39 is 0 Å². The molecule has 140 valence electrons. The van der Waals surface area contributed by atoms with Gasteiger partial charge in [0.15, 0.2) is 5.79 Å². The lowest BCUT2D eigenvalue weighted by Gasteiger charge is -2.45. The van der Waals surface area contributed by atoms with E-state index in [0.717, 1.165) is 70.2 Å². The van der Waals surface area contributed by atoms with Crippen molar-refractivity contribution in [1.82, 2.24) is 4.90 Å². The molecule has 0 aromatic carbocycles. The summed E-state index contributed by atoms with van der Waals surface area (Å²) in [5.74, 6) is 1.38. The molecule has 1 heterocycles. The Morgan fingerprint density at radius 2 is 1.29 bits per heavy atom. The van der Waals surface area contributed by atoms with Crippen molar-refractivity contribution in [1.29, 1.82) is 0 Å². The fraction of sp³-hybridized carbons (Fsp3) is 1.00. The molecule has 2 saturated carbocycles. The second kappa shape index (κ2) is 8.98. The van der Waals surface area contributed by atoms with Gasteiger partial charge in [0.05, 0.1) is 0 Å². The van der Waals surface area contributed by atoms with Crippen LogP contribution in [0.25, 0.3) is 0 Å². The summed E-state index contributed by atoms with van der Waals surface area (Å²) in [6.45, 7) is 9.88. The molecule has 0 amide bonds. The van der Waals surface area contributed by atoms with Crippen molar-refractivity contribution in [2.75, 3.05) is 39.5 Å².